The van der Waals surface area contributed by atoms with E-state index in [1.807, 2.05) is 13.8 Å². The van der Waals surface area contributed by atoms with Crippen LogP contribution < -0.4 is 11.1 Å². The summed E-state index contributed by atoms with van der Waals surface area (Å²) in [6.45, 7) is 5.76. The van der Waals surface area contributed by atoms with E-state index >= 15 is 0 Å². The van der Waals surface area contributed by atoms with Gasteiger partial charge in [0.25, 0.3) is 16.0 Å². The minimum absolute atomic E-state index is 0.0290. The third kappa shape index (κ3) is 11.2. The number of ether oxygens (including phenoxy) is 2. The quantitative estimate of drug-likeness (QED) is 0.372. The van der Waals surface area contributed by atoms with Crippen LogP contribution in [0.3, 0.4) is 0 Å². The average Bonchev–Trinajstić information content (AvgIpc) is 2.60. The molecule has 0 spiro atoms. The van der Waals surface area contributed by atoms with Gasteiger partial charge in [0.05, 0.1) is 37.2 Å². The highest BCUT2D eigenvalue weighted by Gasteiger charge is 2.36. The van der Waals surface area contributed by atoms with E-state index in [9.17, 15) is 26.8 Å². The van der Waals surface area contributed by atoms with Gasteiger partial charge in [0, 0.05) is 12.0 Å². The standard InChI is InChI=1S/C16H26F2N2O4.CH4O3S/c1-4-10(5-2)24-12-8-9(16(22)23-6-3)7-11(13(12)19)20-15(21)14(17)18;1-5(2,3)4/h8,10-14H,4-7,19H2,1-3H3,(H,20,21);1H3,(H,2,3,4)/t11-,12+,13+;/m0./s1. The lowest BCUT2D eigenvalue weighted by Crippen LogP contribution is -2.57. The molecule has 9 nitrogen and oxygen atoms in total. The zero-order valence-electron chi connectivity index (χ0n) is 16.9. The van der Waals surface area contributed by atoms with Crippen molar-refractivity contribution in [3.8, 4) is 0 Å². The Labute approximate surface area is 169 Å². The Balaban J connectivity index is 0.00000139. The monoisotopic (exact) mass is 444 g/mol. The van der Waals surface area contributed by atoms with E-state index in [0.717, 1.165) is 12.8 Å². The van der Waals surface area contributed by atoms with Gasteiger partial charge in [-0.15, -0.1) is 0 Å². The van der Waals surface area contributed by atoms with Crippen molar-refractivity contribution in [2.75, 3.05) is 12.9 Å². The fraction of sp³-hybridized carbons (Fsp3) is 0.765. The van der Waals surface area contributed by atoms with Gasteiger partial charge in [-0.2, -0.15) is 17.2 Å². The highest BCUT2D eigenvalue weighted by Crippen LogP contribution is 2.24. The van der Waals surface area contributed by atoms with Crippen LogP contribution in [0.4, 0.5) is 8.78 Å². The van der Waals surface area contributed by atoms with Crippen LogP contribution in [0.1, 0.15) is 40.0 Å². The van der Waals surface area contributed by atoms with Gasteiger partial charge >= 0.3 is 12.4 Å². The van der Waals surface area contributed by atoms with Crippen LogP contribution in [0.5, 0.6) is 0 Å². The normalized spacial score (nSPS) is 21.9. The summed E-state index contributed by atoms with van der Waals surface area (Å²) in [4.78, 5) is 23.3. The molecule has 4 N–H and O–H groups in total. The van der Waals surface area contributed by atoms with Crippen LogP contribution >= 0.6 is 0 Å². The minimum Gasteiger partial charge on any atom is -0.463 e. The lowest BCUT2D eigenvalue weighted by Gasteiger charge is -2.36. The molecule has 0 aliphatic heterocycles. The first-order chi connectivity index (χ1) is 13.3. The average molecular weight is 444 g/mol. The molecule has 0 aromatic rings. The van der Waals surface area contributed by atoms with Crippen LogP contribution in [-0.2, 0) is 29.2 Å². The van der Waals surface area contributed by atoms with Crippen molar-refractivity contribution in [1.29, 1.82) is 0 Å². The molecule has 1 amide bonds. The SMILES string of the molecule is CCOC(=O)C1=C[C@@H](OC(CC)CC)[C@H](N)[C@@H](NC(=O)C(F)F)C1.CS(=O)(=O)O. The van der Waals surface area contributed by atoms with Crippen molar-refractivity contribution in [2.45, 2.75) is 70.8 Å². The van der Waals surface area contributed by atoms with E-state index in [4.69, 9.17) is 19.8 Å². The first kappa shape index (κ1) is 27.4. The summed E-state index contributed by atoms with van der Waals surface area (Å²) in [5, 5.41) is 2.19. The van der Waals surface area contributed by atoms with E-state index in [-0.39, 0.29) is 24.7 Å². The number of carbonyl (C=O) groups excluding carboxylic acids is 2. The number of alkyl halides is 2. The van der Waals surface area contributed by atoms with Crippen LogP contribution in [0.2, 0.25) is 0 Å². The summed E-state index contributed by atoms with van der Waals surface area (Å²) in [6, 6.07) is -1.55. The molecule has 0 radical (unpaired) electrons. The van der Waals surface area contributed by atoms with E-state index in [1.54, 1.807) is 13.0 Å². The topological polar surface area (TPSA) is 145 Å². The van der Waals surface area contributed by atoms with Crippen molar-refractivity contribution in [3.63, 3.8) is 0 Å². The van der Waals surface area contributed by atoms with E-state index in [0.29, 0.717) is 6.26 Å². The second-order valence-corrected chi connectivity index (χ2v) is 7.85. The molecule has 29 heavy (non-hydrogen) atoms. The van der Waals surface area contributed by atoms with Crippen molar-refractivity contribution < 1.29 is 40.8 Å². The molecule has 0 aromatic heterocycles. The molecule has 0 bridgehead atoms. The molecule has 0 heterocycles. The van der Waals surface area contributed by atoms with Gasteiger partial charge in [-0.1, -0.05) is 13.8 Å². The van der Waals surface area contributed by atoms with Gasteiger partial charge in [0.2, 0.25) is 0 Å². The molecule has 0 unspecified atom stereocenters. The van der Waals surface area contributed by atoms with Crippen LogP contribution in [0, 0.1) is 0 Å². The molecule has 12 heteroatoms. The first-order valence-electron chi connectivity index (χ1n) is 9.13. The summed E-state index contributed by atoms with van der Waals surface area (Å²) < 4.78 is 61.7. The maximum absolute atomic E-state index is 12.5. The number of esters is 1. The number of hydrogen-bond acceptors (Lipinski definition) is 7. The number of carbonyl (C=O) groups is 2. The van der Waals surface area contributed by atoms with Gasteiger partial charge in [-0.25, -0.2) is 4.79 Å². The molecule has 1 rings (SSSR count). The molecule has 3 atom stereocenters. The second kappa shape index (κ2) is 12.8. The number of hydrogen-bond donors (Lipinski definition) is 3. The summed E-state index contributed by atoms with van der Waals surface area (Å²) >= 11 is 0. The number of amides is 1. The molecule has 0 aromatic carbocycles. The van der Waals surface area contributed by atoms with Crippen molar-refractivity contribution in [1.82, 2.24) is 5.32 Å². The highest BCUT2D eigenvalue weighted by atomic mass is 32.2. The highest BCUT2D eigenvalue weighted by molar-refractivity contribution is 7.85. The Morgan fingerprint density at radius 2 is 1.83 bits per heavy atom. The molecule has 0 saturated carbocycles. The van der Waals surface area contributed by atoms with Gasteiger partial charge in [-0.05, 0) is 25.8 Å². The fourth-order valence-corrected chi connectivity index (χ4v) is 2.58. The maximum Gasteiger partial charge on any atom is 0.333 e. The van der Waals surface area contributed by atoms with Gasteiger partial charge in [-0.3, -0.25) is 9.35 Å². The second-order valence-electron chi connectivity index (χ2n) is 6.38. The van der Waals surface area contributed by atoms with Crippen molar-refractivity contribution >= 4 is 22.0 Å². The molecule has 0 fully saturated rings. The van der Waals surface area contributed by atoms with E-state index < -0.39 is 46.6 Å². The van der Waals surface area contributed by atoms with Crippen LogP contribution in [0.15, 0.2) is 11.6 Å². The lowest BCUT2D eigenvalue weighted by molar-refractivity contribution is -0.139. The number of halogens is 2. The third-order valence-electron chi connectivity index (χ3n) is 3.97. The maximum atomic E-state index is 12.5. The number of nitrogens with two attached hydrogens (primary N) is 1. The smallest absolute Gasteiger partial charge is 0.333 e. The van der Waals surface area contributed by atoms with E-state index in [2.05, 4.69) is 5.32 Å². The molecule has 170 valence electrons. The van der Waals surface area contributed by atoms with Gasteiger partial charge in [0.1, 0.15) is 0 Å². The third-order valence-corrected chi connectivity index (χ3v) is 3.97. The Kier molecular flexibility index (Phi) is 12.1. The Bertz CT molecular complexity index is 659. The zero-order valence-corrected chi connectivity index (χ0v) is 17.7. The molecular formula is C17H30F2N2O7S. The largest absolute Gasteiger partial charge is 0.463 e. The summed E-state index contributed by atoms with van der Waals surface area (Å²) in [6.07, 6.45) is -0.0728. The van der Waals surface area contributed by atoms with Gasteiger partial charge < -0.3 is 20.5 Å². The lowest BCUT2D eigenvalue weighted by atomic mass is 9.88. The fourth-order valence-electron chi connectivity index (χ4n) is 2.58. The number of rotatable bonds is 8. The Morgan fingerprint density at radius 3 is 2.24 bits per heavy atom. The predicted molar refractivity (Wildman–Crippen MR) is 102 cm³/mol. The minimum atomic E-state index is -3.67. The Hall–Kier alpha value is -1.63. The Morgan fingerprint density at radius 1 is 1.31 bits per heavy atom. The summed E-state index contributed by atoms with van der Waals surface area (Å²) in [5.41, 5.74) is 6.36. The summed E-state index contributed by atoms with van der Waals surface area (Å²) in [5.74, 6) is -1.97. The molecule has 1 aliphatic carbocycles. The summed E-state index contributed by atoms with van der Waals surface area (Å²) in [7, 11) is -3.67. The van der Waals surface area contributed by atoms with Gasteiger partial charge in [0.15, 0.2) is 0 Å². The van der Waals surface area contributed by atoms with Crippen molar-refractivity contribution in [2.24, 2.45) is 5.73 Å². The predicted octanol–water partition coefficient (Wildman–Crippen LogP) is 1.03. The molecule has 0 saturated heterocycles. The van der Waals surface area contributed by atoms with Crippen LogP contribution in [0.25, 0.3) is 0 Å². The zero-order chi connectivity index (χ0) is 22.8. The van der Waals surface area contributed by atoms with E-state index in [1.165, 1.54) is 0 Å². The first-order valence-corrected chi connectivity index (χ1v) is 11.0. The molecule has 1 aliphatic rings. The number of nitrogens with one attached hydrogen (secondary N) is 1. The van der Waals surface area contributed by atoms with Crippen molar-refractivity contribution in [3.05, 3.63) is 11.6 Å². The van der Waals surface area contributed by atoms with Crippen LogP contribution in [-0.4, -0.2) is 68.4 Å². The molecular weight excluding hydrogens is 414 g/mol.